The highest BCUT2D eigenvalue weighted by molar-refractivity contribution is 7.26. The van der Waals surface area contributed by atoms with Crippen LogP contribution < -0.4 is 10.1 Å². The number of carbonyl (C=O) groups excluding carboxylic acids is 1. The lowest BCUT2D eigenvalue weighted by Gasteiger charge is -2.12. The smallest absolute Gasteiger partial charge is 0.258 e. The summed E-state index contributed by atoms with van der Waals surface area (Å²) in [5.74, 6) is 0.375. The van der Waals surface area contributed by atoms with Crippen LogP contribution in [0.3, 0.4) is 0 Å². The molecule has 32 heavy (non-hydrogen) atoms. The van der Waals surface area contributed by atoms with Gasteiger partial charge in [0.15, 0.2) is 0 Å². The lowest BCUT2D eigenvalue weighted by molar-refractivity contribution is 0.102. The van der Waals surface area contributed by atoms with Gasteiger partial charge in [-0.25, -0.2) is 0 Å². The summed E-state index contributed by atoms with van der Waals surface area (Å²) in [7, 11) is 0. The van der Waals surface area contributed by atoms with Crippen molar-refractivity contribution in [1.29, 1.82) is 0 Å². The van der Waals surface area contributed by atoms with Crippen LogP contribution in [0.25, 0.3) is 20.2 Å². The van der Waals surface area contributed by atoms with Crippen molar-refractivity contribution >= 4 is 66.3 Å². The Morgan fingerprint density at radius 1 is 0.938 bits per heavy atom. The van der Waals surface area contributed by atoms with E-state index >= 15 is 0 Å². The first-order chi connectivity index (χ1) is 15.6. The van der Waals surface area contributed by atoms with E-state index in [0.29, 0.717) is 12.3 Å². The summed E-state index contributed by atoms with van der Waals surface area (Å²) in [6.45, 7) is 0.456. The molecule has 3 aromatic carbocycles. The van der Waals surface area contributed by atoms with Crippen LogP contribution in [0.15, 0.2) is 79.1 Å². The van der Waals surface area contributed by atoms with E-state index < -0.39 is 5.91 Å². The molecule has 0 aliphatic carbocycles. The Morgan fingerprint density at radius 2 is 1.66 bits per heavy atom. The zero-order valence-electron chi connectivity index (χ0n) is 16.6. The van der Waals surface area contributed by atoms with Crippen LogP contribution in [-0.4, -0.2) is 10.9 Å². The quantitative estimate of drug-likeness (QED) is 0.283. The molecule has 4 nitrogen and oxygen atoms in total. The highest BCUT2D eigenvalue weighted by Gasteiger charge is 2.19. The maximum Gasteiger partial charge on any atom is 0.258 e. The van der Waals surface area contributed by atoms with Crippen LogP contribution in [0.2, 0.25) is 10.0 Å². The van der Waals surface area contributed by atoms with Crippen molar-refractivity contribution in [2.24, 2.45) is 0 Å². The lowest BCUT2D eigenvalue weighted by Crippen LogP contribution is -2.13. The molecule has 5 rings (SSSR count). The van der Waals surface area contributed by atoms with Gasteiger partial charge in [0, 0.05) is 27.9 Å². The van der Waals surface area contributed by atoms with Gasteiger partial charge in [-0.3, -0.25) is 9.78 Å². The number of fused-ring (bicyclic) bond motifs is 3. The molecule has 2 aromatic heterocycles. The summed E-state index contributed by atoms with van der Waals surface area (Å²) >= 11 is 14.0. The number of amides is 1. The molecule has 1 amide bonds. The van der Waals surface area contributed by atoms with Gasteiger partial charge < -0.3 is 10.1 Å². The van der Waals surface area contributed by atoms with Crippen LogP contribution in [0.1, 0.15) is 15.9 Å². The third-order valence-electron chi connectivity index (χ3n) is 5.06. The van der Waals surface area contributed by atoms with Crippen molar-refractivity contribution in [3.8, 4) is 5.75 Å². The number of aromatic nitrogens is 1. The van der Waals surface area contributed by atoms with Gasteiger partial charge in [-0.2, -0.15) is 0 Å². The minimum absolute atomic E-state index is 0.195. The van der Waals surface area contributed by atoms with Crippen LogP contribution in [0, 0.1) is 0 Å². The van der Waals surface area contributed by atoms with Gasteiger partial charge in [-0.15, -0.1) is 11.3 Å². The normalized spacial score (nSPS) is 11.1. The number of ether oxygens (including phenoxy) is 1. The standard InChI is InChI=1S/C25H16Cl2N2O2S/c26-17-12-28-13-18(27)23(17)25(30)29-19-10-11-20(31-14-15-6-2-1-3-7-15)24-22(19)16-8-4-5-9-21(16)32-24/h1-13H,14H2,(H,29,30). The Morgan fingerprint density at radius 3 is 2.44 bits per heavy atom. The van der Waals surface area contributed by atoms with Crippen LogP contribution in [0.4, 0.5) is 5.69 Å². The molecule has 158 valence electrons. The molecule has 1 N–H and O–H groups in total. The molecule has 0 atom stereocenters. The Bertz CT molecular complexity index is 1430. The van der Waals surface area contributed by atoms with E-state index in [4.69, 9.17) is 27.9 Å². The molecule has 2 heterocycles. The molecular weight excluding hydrogens is 463 g/mol. The summed E-state index contributed by atoms with van der Waals surface area (Å²) in [5, 5.41) is 5.34. The van der Waals surface area contributed by atoms with E-state index in [-0.39, 0.29) is 15.6 Å². The SMILES string of the molecule is O=C(Nc1ccc(OCc2ccccc2)c2sc3ccccc3c12)c1c(Cl)cncc1Cl. The van der Waals surface area contributed by atoms with Crippen molar-refractivity contribution in [3.63, 3.8) is 0 Å². The second-order valence-electron chi connectivity index (χ2n) is 7.12. The number of halogens is 2. The first kappa shape index (κ1) is 20.8. The molecule has 0 spiro atoms. The third-order valence-corrected chi connectivity index (χ3v) is 6.81. The topological polar surface area (TPSA) is 51.2 Å². The maximum absolute atomic E-state index is 13.0. The van der Waals surface area contributed by atoms with E-state index in [0.717, 1.165) is 31.5 Å². The molecule has 0 fully saturated rings. The number of benzene rings is 3. The van der Waals surface area contributed by atoms with Crippen molar-refractivity contribution in [2.75, 3.05) is 5.32 Å². The van der Waals surface area contributed by atoms with Gasteiger partial charge in [0.05, 0.1) is 26.0 Å². The fourth-order valence-corrected chi connectivity index (χ4v) is 5.30. The van der Waals surface area contributed by atoms with Gasteiger partial charge in [0.1, 0.15) is 12.4 Å². The van der Waals surface area contributed by atoms with Crippen molar-refractivity contribution in [3.05, 3.63) is 100 Å². The number of pyridine rings is 1. The predicted molar refractivity (Wildman–Crippen MR) is 132 cm³/mol. The fourth-order valence-electron chi connectivity index (χ4n) is 3.57. The van der Waals surface area contributed by atoms with E-state index in [1.165, 1.54) is 12.4 Å². The second-order valence-corrected chi connectivity index (χ2v) is 8.99. The van der Waals surface area contributed by atoms with Gasteiger partial charge in [0.25, 0.3) is 5.91 Å². The largest absolute Gasteiger partial charge is 0.487 e. The Kier molecular flexibility index (Phi) is 5.70. The molecule has 7 heteroatoms. The Balaban J connectivity index is 1.57. The fraction of sp³-hybridized carbons (Fsp3) is 0.0400. The average molecular weight is 479 g/mol. The maximum atomic E-state index is 13.0. The highest BCUT2D eigenvalue weighted by atomic mass is 35.5. The number of hydrogen-bond acceptors (Lipinski definition) is 4. The van der Waals surface area contributed by atoms with Crippen molar-refractivity contribution in [2.45, 2.75) is 6.61 Å². The van der Waals surface area contributed by atoms with Crippen LogP contribution in [-0.2, 0) is 6.61 Å². The third kappa shape index (κ3) is 3.91. The molecule has 0 unspecified atom stereocenters. The van der Waals surface area contributed by atoms with Gasteiger partial charge in [-0.1, -0.05) is 71.7 Å². The molecule has 0 saturated carbocycles. The summed E-state index contributed by atoms with van der Waals surface area (Å²) < 4.78 is 8.23. The lowest BCUT2D eigenvalue weighted by atomic mass is 10.1. The first-order valence-electron chi connectivity index (χ1n) is 9.83. The summed E-state index contributed by atoms with van der Waals surface area (Å²) in [5.41, 5.74) is 1.94. The molecule has 0 saturated heterocycles. The number of hydrogen-bond donors (Lipinski definition) is 1. The minimum atomic E-state index is -0.392. The summed E-state index contributed by atoms with van der Waals surface area (Å²) in [6.07, 6.45) is 2.80. The number of anilines is 1. The number of rotatable bonds is 5. The Labute approximate surface area is 198 Å². The van der Waals surface area contributed by atoms with Gasteiger partial charge in [0.2, 0.25) is 0 Å². The minimum Gasteiger partial charge on any atom is -0.487 e. The second kappa shape index (κ2) is 8.79. The van der Waals surface area contributed by atoms with Gasteiger partial charge in [-0.05, 0) is 23.8 Å². The monoisotopic (exact) mass is 478 g/mol. The van der Waals surface area contributed by atoms with E-state index in [1.807, 2.05) is 60.7 Å². The number of nitrogens with zero attached hydrogens (tertiary/aromatic N) is 1. The van der Waals surface area contributed by atoms with Crippen LogP contribution in [0.5, 0.6) is 5.75 Å². The number of carbonyl (C=O) groups is 1. The molecule has 0 radical (unpaired) electrons. The van der Waals surface area contributed by atoms with Gasteiger partial charge >= 0.3 is 0 Å². The molecule has 0 bridgehead atoms. The predicted octanol–water partition coefficient (Wildman–Crippen LogP) is 7.59. The van der Waals surface area contributed by atoms with Crippen molar-refractivity contribution < 1.29 is 9.53 Å². The zero-order valence-corrected chi connectivity index (χ0v) is 19.0. The molecular formula is C25H16Cl2N2O2S. The first-order valence-corrected chi connectivity index (χ1v) is 11.4. The average Bonchev–Trinajstić information content (AvgIpc) is 3.19. The summed E-state index contributed by atoms with van der Waals surface area (Å²) in [4.78, 5) is 16.9. The van der Waals surface area contributed by atoms with Crippen LogP contribution >= 0.6 is 34.5 Å². The summed E-state index contributed by atoms with van der Waals surface area (Å²) in [6, 6.07) is 21.8. The number of nitrogens with one attached hydrogen (secondary N) is 1. The molecule has 5 aromatic rings. The molecule has 0 aliphatic rings. The highest BCUT2D eigenvalue weighted by Crippen LogP contribution is 2.43. The van der Waals surface area contributed by atoms with Crippen molar-refractivity contribution in [1.82, 2.24) is 4.98 Å². The number of thiophene rings is 1. The zero-order chi connectivity index (χ0) is 22.1. The van der Waals surface area contributed by atoms with E-state index in [1.54, 1.807) is 11.3 Å². The van der Waals surface area contributed by atoms with E-state index in [9.17, 15) is 4.79 Å². The Hall–Kier alpha value is -3.12. The molecule has 0 aliphatic heterocycles. The van der Waals surface area contributed by atoms with E-state index in [2.05, 4.69) is 16.4 Å².